The number of hydrogen-bond acceptors (Lipinski definition) is 8. The van der Waals surface area contributed by atoms with Crippen molar-refractivity contribution in [2.24, 2.45) is 0 Å². The fourth-order valence-corrected chi connectivity index (χ4v) is 6.66. The number of aryl methyl sites for hydroxylation is 1. The molecule has 9 nitrogen and oxygen atoms in total. The average Bonchev–Trinajstić information content (AvgIpc) is 3.19. The molecule has 2 aromatic heterocycles. The number of amides is 1. The lowest BCUT2D eigenvalue weighted by molar-refractivity contribution is -0.124. The zero-order chi connectivity index (χ0) is 26.2. The zero-order valence-electron chi connectivity index (χ0n) is 20.2. The first-order valence-electron chi connectivity index (χ1n) is 12.1. The second kappa shape index (κ2) is 8.37. The lowest BCUT2D eigenvalue weighted by Gasteiger charge is -2.29. The normalized spacial score (nSPS) is 21.6. The highest BCUT2D eigenvalue weighted by Crippen LogP contribution is 2.47. The van der Waals surface area contributed by atoms with Crippen LogP contribution in [0.3, 0.4) is 0 Å². The zero-order valence-corrected chi connectivity index (χ0v) is 21.0. The first kappa shape index (κ1) is 24.1. The Kier molecular flexibility index (Phi) is 5.45. The molecule has 0 fully saturated rings. The van der Waals surface area contributed by atoms with Crippen molar-refractivity contribution in [2.45, 2.75) is 57.2 Å². The summed E-state index contributed by atoms with van der Waals surface area (Å²) in [6.07, 6.45) is 1.19. The van der Waals surface area contributed by atoms with E-state index in [-0.39, 0.29) is 31.0 Å². The number of benzene rings is 1. The Morgan fingerprint density at radius 2 is 2.11 bits per heavy atom. The molecule has 0 spiro atoms. The van der Waals surface area contributed by atoms with Crippen molar-refractivity contribution in [3.05, 3.63) is 61.7 Å². The van der Waals surface area contributed by atoms with Crippen molar-refractivity contribution in [3.8, 4) is 11.4 Å². The molecule has 0 saturated heterocycles. The Morgan fingerprint density at radius 3 is 2.84 bits per heavy atom. The van der Waals surface area contributed by atoms with E-state index < -0.39 is 34.3 Å². The standard InChI is InChI=1S/C26H24FN3O6S/c1-3-26(35)15-6-19-23-13(8-30(19)24(33)14(15)10-36-25(34)37-26)22-17(28-20(32)9-31)5-4-12-11(2)16(27)7-18(29-23)21(12)22/h6-7,17,31,35H,3-5,8-10H2,1-2H3,(H,28,32)/t17-,26+/m0/s1. The van der Waals surface area contributed by atoms with Crippen LogP contribution in [-0.2, 0) is 34.0 Å². The molecule has 3 N–H and O–H groups in total. The summed E-state index contributed by atoms with van der Waals surface area (Å²) in [7, 11) is 0. The maximum atomic E-state index is 14.9. The SMILES string of the molecule is CC[C@@]1(O)SC(=O)OCc2c1cc1n(c2=O)Cc2c-1nc1cc(F)c(C)c3c1c2[C@@H](NC(=O)CO)CC3. The fourth-order valence-electron chi connectivity index (χ4n) is 5.83. The summed E-state index contributed by atoms with van der Waals surface area (Å²) < 4.78 is 21.6. The van der Waals surface area contributed by atoms with Crippen LogP contribution in [0.15, 0.2) is 16.9 Å². The van der Waals surface area contributed by atoms with Gasteiger partial charge in [-0.15, -0.1) is 0 Å². The second-order valence-electron chi connectivity index (χ2n) is 9.62. The van der Waals surface area contributed by atoms with Gasteiger partial charge in [-0.1, -0.05) is 6.92 Å². The number of pyridine rings is 2. The van der Waals surface area contributed by atoms with Gasteiger partial charge in [-0.25, -0.2) is 14.2 Å². The molecule has 2 atom stereocenters. The van der Waals surface area contributed by atoms with Gasteiger partial charge in [0.2, 0.25) is 5.91 Å². The van der Waals surface area contributed by atoms with Crippen LogP contribution in [0.25, 0.3) is 22.3 Å². The van der Waals surface area contributed by atoms with Gasteiger partial charge in [-0.2, -0.15) is 0 Å². The Balaban J connectivity index is 1.65. The number of nitrogens with one attached hydrogen (secondary N) is 1. The minimum atomic E-state index is -1.65. The molecular formula is C26H24FN3O6S. The highest BCUT2D eigenvalue weighted by atomic mass is 32.2. The minimum absolute atomic E-state index is 0.155. The van der Waals surface area contributed by atoms with E-state index in [1.807, 2.05) is 0 Å². The van der Waals surface area contributed by atoms with Crippen LogP contribution in [0.2, 0.25) is 0 Å². The van der Waals surface area contributed by atoms with Gasteiger partial charge in [0.15, 0.2) is 0 Å². The highest BCUT2D eigenvalue weighted by Gasteiger charge is 2.41. The third-order valence-corrected chi connectivity index (χ3v) is 8.83. The minimum Gasteiger partial charge on any atom is -0.452 e. The van der Waals surface area contributed by atoms with Gasteiger partial charge in [0.05, 0.1) is 35.1 Å². The number of ether oxygens (including phenoxy) is 1. The number of aliphatic hydroxyl groups is 2. The molecule has 0 saturated carbocycles. The summed E-state index contributed by atoms with van der Waals surface area (Å²) in [5.74, 6) is -0.916. The van der Waals surface area contributed by atoms with E-state index in [2.05, 4.69) is 5.32 Å². The molecule has 4 heterocycles. The number of hydrogen-bond donors (Lipinski definition) is 3. The van der Waals surface area contributed by atoms with Crippen molar-refractivity contribution in [2.75, 3.05) is 6.61 Å². The fraction of sp³-hybridized carbons (Fsp3) is 0.385. The third kappa shape index (κ3) is 3.44. The highest BCUT2D eigenvalue weighted by molar-refractivity contribution is 8.13. The smallest absolute Gasteiger partial charge is 0.370 e. The molecular weight excluding hydrogens is 501 g/mol. The van der Waals surface area contributed by atoms with Crippen molar-refractivity contribution >= 4 is 33.9 Å². The van der Waals surface area contributed by atoms with E-state index in [1.54, 1.807) is 19.9 Å². The van der Waals surface area contributed by atoms with Gasteiger partial charge in [-0.3, -0.25) is 9.59 Å². The van der Waals surface area contributed by atoms with Crippen LogP contribution in [0.4, 0.5) is 9.18 Å². The predicted octanol–water partition coefficient (Wildman–Crippen LogP) is 2.91. The van der Waals surface area contributed by atoms with Gasteiger partial charge in [0.1, 0.15) is 24.0 Å². The molecule has 0 radical (unpaired) electrons. The molecule has 1 aromatic carbocycles. The van der Waals surface area contributed by atoms with Gasteiger partial charge < -0.3 is 24.8 Å². The largest absolute Gasteiger partial charge is 0.452 e. The Morgan fingerprint density at radius 1 is 1.32 bits per heavy atom. The molecule has 1 amide bonds. The summed E-state index contributed by atoms with van der Waals surface area (Å²) in [6, 6.07) is 2.58. The molecule has 0 bridgehead atoms. The van der Waals surface area contributed by atoms with Crippen LogP contribution in [-0.4, -0.2) is 37.6 Å². The Labute approximate surface area is 214 Å². The van der Waals surface area contributed by atoms with Crippen LogP contribution in [0.1, 0.15) is 59.2 Å². The lowest BCUT2D eigenvalue weighted by atomic mass is 9.81. The van der Waals surface area contributed by atoms with Crippen LogP contribution in [0.5, 0.6) is 0 Å². The first-order chi connectivity index (χ1) is 17.7. The number of aliphatic hydroxyl groups excluding tert-OH is 1. The van der Waals surface area contributed by atoms with Crippen molar-refractivity contribution in [1.29, 1.82) is 0 Å². The number of fused-ring (bicyclic) bond motifs is 5. The molecule has 37 heavy (non-hydrogen) atoms. The summed E-state index contributed by atoms with van der Waals surface area (Å²) in [5.41, 5.74) is 4.23. The predicted molar refractivity (Wildman–Crippen MR) is 133 cm³/mol. The lowest BCUT2D eigenvalue weighted by Crippen LogP contribution is -2.33. The molecule has 3 aromatic rings. The van der Waals surface area contributed by atoms with E-state index in [0.29, 0.717) is 52.6 Å². The van der Waals surface area contributed by atoms with E-state index in [4.69, 9.17) is 9.72 Å². The van der Waals surface area contributed by atoms with Gasteiger partial charge >= 0.3 is 5.30 Å². The summed E-state index contributed by atoms with van der Waals surface area (Å²) in [6.45, 7) is 2.66. The van der Waals surface area contributed by atoms with Crippen LogP contribution in [0, 0.1) is 12.7 Å². The maximum absolute atomic E-state index is 14.9. The summed E-state index contributed by atoms with van der Waals surface area (Å²) >= 11 is 0.627. The maximum Gasteiger partial charge on any atom is 0.370 e. The van der Waals surface area contributed by atoms with Crippen molar-refractivity contribution < 1.29 is 28.9 Å². The van der Waals surface area contributed by atoms with E-state index in [1.165, 1.54) is 10.6 Å². The molecule has 11 heteroatoms. The monoisotopic (exact) mass is 525 g/mol. The van der Waals surface area contributed by atoms with E-state index in [0.717, 1.165) is 22.1 Å². The number of carbonyl (C=O) groups is 2. The quantitative estimate of drug-likeness (QED) is 0.348. The Bertz CT molecular complexity index is 1600. The number of nitrogens with zero attached hydrogens (tertiary/aromatic N) is 2. The Hall–Kier alpha value is -3.28. The summed E-state index contributed by atoms with van der Waals surface area (Å²) in [5, 5.41) is 23.6. The number of aromatic nitrogens is 2. The van der Waals surface area contributed by atoms with Crippen molar-refractivity contribution in [3.63, 3.8) is 0 Å². The van der Waals surface area contributed by atoms with Gasteiger partial charge in [-0.05, 0) is 60.7 Å². The van der Waals surface area contributed by atoms with Crippen molar-refractivity contribution in [1.82, 2.24) is 14.9 Å². The van der Waals surface area contributed by atoms with Crippen LogP contribution < -0.4 is 10.9 Å². The van der Waals surface area contributed by atoms with Gasteiger partial charge in [0.25, 0.3) is 5.56 Å². The number of halogens is 1. The second-order valence-corrected chi connectivity index (χ2v) is 10.8. The first-order valence-corrected chi connectivity index (χ1v) is 12.9. The number of rotatable bonds is 3. The third-order valence-electron chi connectivity index (χ3n) is 7.70. The van der Waals surface area contributed by atoms with E-state index >= 15 is 0 Å². The molecule has 2 aliphatic heterocycles. The number of carbonyl (C=O) groups excluding carboxylic acids is 2. The topological polar surface area (TPSA) is 131 Å². The molecule has 192 valence electrons. The molecule has 0 unspecified atom stereocenters. The van der Waals surface area contributed by atoms with Crippen LogP contribution >= 0.6 is 11.8 Å². The molecule has 3 aliphatic rings. The molecule has 6 rings (SSSR count). The molecule has 1 aliphatic carbocycles. The summed E-state index contributed by atoms with van der Waals surface area (Å²) in [4.78, 5) is 41.1. The van der Waals surface area contributed by atoms with Gasteiger partial charge in [0, 0.05) is 22.6 Å². The van der Waals surface area contributed by atoms with E-state index in [9.17, 15) is 29.0 Å². The average molecular weight is 526 g/mol. The number of thioether (sulfide) groups is 1. The number of cyclic esters (lactones) is 1.